The Morgan fingerprint density at radius 1 is 1.35 bits per heavy atom. The van der Waals surface area contributed by atoms with Crippen LogP contribution in [-0.4, -0.2) is 23.6 Å². The Bertz CT molecular complexity index is 506. The summed E-state index contributed by atoms with van der Waals surface area (Å²) in [7, 11) is 1.86. The van der Waals surface area contributed by atoms with Gasteiger partial charge in [-0.25, -0.2) is 9.97 Å². The topological polar surface area (TPSA) is 60.2 Å². The lowest BCUT2D eigenvalue weighted by Crippen LogP contribution is -2.16. The van der Waals surface area contributed by atoms with E-state index in [1.807, 2.05) is 13.1 Å². The predicted molar refractivity (Wildman–Crippen MR) is 62.6 cm³/mol. The summed E-state index contributed by atoms with van der Waals surface area (Å²) in [6, 6.07) is 1.86. The van der Waals surface area contributed by atoms with Gasteiger partial charge in [0.05, 0.1) is 30.7 Å². The highest BCUT2D eigenvalue weighted by Crippen LogP contribution is 2.25. The van der Waals surface area contributed by atoms with Crippen molar-refractivity contribution in [2.75, 3.05) is 19.0 Å². The quantitative estimate of drug-likeness (QED) is 0.854. The van der Waals surface area contributed by atoms with Gasteiger partial charge >= 0.3 is 0 Å². The fraction of sp³-hybridized carbons (Fsp3) is 0.333. The number of ether oxygens (including phenoxy) is 1. The lowest BCUT2D eigenvalue weighted by Gasteiger charge is -2.18. The lowest BCUT2D eigenvalue weighted by molar-refractivity contribution is 0.109. The Morgan fingerprint density at radius 2 is 2.29 bits per heavy atom. The SMILES string of the molecule is CNc1nc(-c2ccoc2)nc2c1COCC2. The van der Waals surface area contributed by atoms with Crippen LogP contribution in [0.25, 0.3) is 11.4 Å². The molecular formula is C12H13N3O2. The molecule has 1 aliphatic rings. The van der Waals surface area contributed by atoms with E-state index < -0.39 is 0 Å². The minimum Gasteiger partial charge on any atom is -0.472 e. The molecule has 3 heterocycles. The van der Waals surface area contributed by atoms with Crippen LogP contribution in [0.15, 0.2) is 23.0 Å². The molecule has 0 unspecified atom stereocenters. The molecule has 0 aliphatic carbocycles. The highest BCUT2D eigenvalue weighted by molar-refractivity contribution is 5.58. The van der Waals surface area contributed by atoms with Crippen molar-refractivity contribution in [2.45, 2.75) is 13.0 Å². The third-order valence-electron chi connectivity index (χ3n) is 2.84. The first-order valence-corrected chi connectivity index (χ1v) is 5.56. The van der Waals surface area contributed by atoms with E-state index >= 15 is 0 Å². The molecule has 3 rings (SSSR count). The molecule has 5 nitrogen and oxygen atoms in total. The van der Waals surface area contributed by atoms with Gasteiger partial charge < -0.3 is 14.5 Å². The highest BCUT2D eigenvalue weighted by Gasteiger charge is 2.18. The molecule has 0 aromatic carbocycles. The fourth-order valence-electron chi connectivity index (χ4n) is 1.96. The second-order valence-corrected chi connectivity index (χ2v) is 3.89. The van der Waals surface area contributed by atoms with E-state index in [4.69, 9.17) is 9.15 Å². The van der Waals surface area contributed by atoms with E-state index in [1.165, 1.54) is 0 Å². The zero-order valence-corrected chi connectivity index (χ0v) is 9.56. The molecule has 0 spiro atoms. The van der Waals surface area contributed by atoms with Crippen LogP contribution in [0.3, 0.4) is 0 Å². The van der Waals surface area contributed by atoms with Crippen LogP contribution < -0.4 is 5.32 Å². The van der Waals surface area contributed by atoms with Gasteiger partial charge in [0.25, 0.3) is 0 Å². The lowest BCUT2D eigenvalue weighted by atomic mass is 10.1. The van der Waals surface area contributed by atoms with Crippen LogP contribution in [0.1, 0.15) is 11.3 Å². The number of rotatable bonds is 2. The van der Waals surface area contributed by atoms with E-state index in [1.54, 1.807) is 12.5 Å². The number of nitrogens with one attached hydrogen (secondary N) is 1. The number of hydrogen-bond acceptors (Lipinski definition) is 5. The van der Waals surface area contributed by atoms with Crippen LogP contribution in [0.4, 0.5) is 5.82 Å². The van der Waals surface area contributed by atoms with Crippen LogP contribution in [0.5, 0.6) is 0 Å². The van der Waals surface area contributed by atoms with Crippen molar-refractivity contribution >= 4 is 5.82 Å². The largest absolute Gasteiger partial charge is 0.472 e. The molecule has 88 valence electrons. The smallest absolute Gasteiger partial charge is 0.165 e. The van der Waals surface area contributed by atoms with Gasteiger partial charge in [0.1, 0.15) is 12.1 Å². The second kappa shape index (κ2) is 4.18. The number of nitrogens with zero attached hydrogens (tertiary/aromatic N) is 2. The number of hydrogen-bond donors (Lipinski definition) is 1. The predicted octanol–water partition coefficient (Wildman–Crippen LogP) is 1.85. The third-order valence-corrected chi connectivity index (χ3v) is 2.84. The average Bonchev–Trinajstić information content (AvgIpc) is 2.91. The maximum absolute atomic E-state index is 5.43. The monoisotopic (exact) mass is 231 g/mol. The van der Waals surface area contributed by atoms with Gasteiger partial charge in [-0.2, -0.15) is 0 Å². The Kier molecular flexibility index (Phi) is 2.53. The Balaban J connectivity index is 2.12. The summed E-state index contributed by atoms with van der Waals surface area (Å²) in [5.74, 6) is 1.54. The first kappa shape index (κ1) is 10.3. The summed E-state index contributed by atoms with van der Waals surface area (Å²) in [5, 5.41) is 3.10. The van der Waals surface area contributed by atoms with Gasteiger partial charge in [0.2, 0.25) is 0 Å². The van der Waals surface area contributed by atoms with Gasteiger partial charge in [-0.1, -0.05) is 0 Å². The van der Waals surface area contributed by atoms with Gasteiger partial charge in [0.15, 0.2) is 5.82 Å². The van der Waals surface area contributed by atoms with Crippen LogP contribution >= 0.6 is 0 Å². The molecule has 17 heavy (non-hydrogen) atoms. The highest BCUT2D eigenvalue weighted by atomic mass is 16.5. The molecule has 0 radical (unpaired) electrons. The van der Waals surface area contributed by atoms with E-state index in [9.17, 15) is 0 Å². The van der Waals surface area contributed by atoms with Gasteiger partial charge in [-0.05, 0) is 6.07 Å². The van der Waals surface area contributed by atoms with Crippen LogP contribution in [-0.2, 0) is 17.8 Å². The van der Waals surface area contributed by atoms with Crippen molar-refractivity contribution in [2.24, 2.45) is 0 Å². The molecule has 0 amide bonds. The molecule has 0 bridgehead atoms. The summed E-state index contributed by atoms with van der Waals surface area (Å²) >= 11 is 0. The minimum absolute atomic E-state index is 0.581. The first-order valence-electron chi connectivity index (χ1n) is 5.56. The second-order valence-electron chi connectivity index (χ2n) is 3.89. The summed E-state index contributed by atoms with van der Waals surface area (Å²) in [6.07, 6.45) is 4.11. The summed E-state index contributed by atoms with van der Waals surface area (Å²) in [6.45, 7) is 1.30. The molecule has 1 N–H and O–H groups in total. The average molecular weight is 231 g/mol. The van der Waals surface area contributed by atoms with E-state index in [2.05, 4.69) is 15.3 Å². The summed E-state index contributed by atoms with van der Waals surface area (Å²) < 4.78 is 10.5. The Morgan fingerprint density at radius 3 is 3.06 bits per heavy atom. The molecule has 0 fully saturated rings. The standard InChI is InChI=1S/C12H13N3O2/c1-13-12-9-7-17-5-3-10(9)14-11(15-12)8-2-4-16-6-8/h2,4,6H,3,5,7H2,1H3,(H,13,14,15). The number of fused-ring (bicyclic) bond motifs is 1. The summed E-state index contributed by atoms with van der Waals surface area (Å²) in [4.78, 5) is 9.06. The number of aromatic nitrogens is 2. The van der Waals surface area contributed by atoms with Gasteiger partial charge in [-0.3, -0.25) is 0 Å². The summed E-state index contributed by atoms with van der Waals surface area (Å²) in [5.41, 5.74) is 3.02. The molecule has 0 saturated carbocycles. The zero-order chi connectivity index (χ0) is 11.7. The molecular weight excluding hydrogens is 218 g/mol. The fourth-order valence-corrected chi connectivity index (χ4v) is 1.96. The van der Waals surface area contributed by atoms with E-state index in [0.717, 1.165) is 35.7 Å². The van der Waals surface area contributed by atoms with Crippen molar-refractivity contribution in [3.63, 3.8) is 0 Å². The van der Waals surface area contributed by atoms with Crippen molar-refractivity contribution in [1.82, 2.24) is 9.97 Å². The number of anilines is 1. The zero-order valence-electron chi connectivity index (χ0n) is 9.56. The molecule has 2 aromatic heterocycles. The molecule has 1 aliphatic heterocycles. The molecule has 0 atom stereocenters. The Hall–Kier alpha value is -1.88. The van der Waals surface area contributed by atoms with Gasteiger partial charge in [0, 0.05) is 19.0 Å². The number of furan rings is 1. The Labute approximate surface area is 98.8 Å². The maximum atomic E-state index is 5.43. The van der Waals surface area contributed by atoms with Crippen LogP contribution in [0, 0.1) is 0 Å². The van der Waals surface area contributed by atoms with Gasteiger partial charge in [-0.15, -0.1) is 0 Å². The normalized spacial score (nSPS) is 14.4. The first-order chi connectivity index (χ1) is 8.38. The van der Waals surface area contributed by atoms with Crippen molar-refractivity contribution in [3.05, 3.63) is 29.9 Å². The van der Waals surface area contributed by atoms with Crippen molar-refractivity contribution in [3.8, 4) is 11.4 Å². The minimum atomic E-state index is 0.581. The maximum Gasteiger partial charge on any atom is 0.165 e. The molecule has 5 heteroatoms. The van der Waals surface area contributed by atoms with E-state index in [0.29, 0.717) is 12.4 Å². The van der Waals surface area contributed by atoms with Crippen LogP contribution in [0.2, 0.25) is 0 Å². The molecule has 2 aromatic rings. The van der Waals surface area contributed by atoms with E-state index in [-0.39, 0.29) is 0 Å². The third kappa shape index (κ3) is 1.78. The van der Waals surface area contributed by atoms with Crippen molar-refractivity contribution in [1.29, 1.82) is 0 Å². The van der Waals surface area contributed by atoms with Crippen molar-refractivity contribution < 1.29 is 9.15 Å². The molecule has 0 saturated heterocycles.